The van der Waals surface area contributed by atoms with Gasteiger partial charge in [0.1, 0.15) is 5.03 Å². The molecule has 1 unspecified atom stereocenters. The van der Waals surface area contributed by atoms with Crippen LogP contribution in [0.5, 0.6) is 0 Å². The number of halogens is 1. The van der Waals surface area contributed by atoms with E-state index in [2.05, 4.69) is 15.3 Å². The lowest BCUT2D eigenvalue weighted by atomic mass is 10.3. The van der Waals surface area contributed by atoms with Crippen LogP contribution in [0, 0.1) is 0 Å². The summed E-state index contributed by atoms with van der Waals surface area (Å²) in [4.78, 5) is 7.97. The maximum Gasteiger partial charge on any atom is 0.223 e. The van der Waals surface area contributed by atoms with Gasteiger partial charge in [0, 0.05) is 18.0 Å². The third-order valence-corrected chi connectivity index (χ3v) is 3.47. The zero-order chi connectivity index (χ0) is 9.80. The summed E-state index contributed by atoms with van der Waals surface area (Å²) in [6.45, 7) is 1.15. The molecule has 0 spiro atoms. The SMILES string of the molecule is Clc1nccc(SCC2CCCN2)n1. The summed E-state index contributed by atoms with van der Waals surface area (Å²) >= 11 is 7.42. The first-order valence-electron chi connectivity index (χ1n) is 4.69. The highest BCUT2D eigenvalue weighted by molar-refractivity contribution is 7.99. The zero-order valence-electron chi connectivity index (χ0n) is 7.74. The Balaban J connectivity index is 1.85. The molecule has 3 nitrogen and oxygen atoms in total. The highest BCUT2D eigenvalue weighted by atomic mass is 35.5. The minimum Gasteiger partial charge on any atom is -0.313 e. The van der Waals surface area contributed by atoms with Gasteiger partial charge in [-0.25, -0.2) is 9.97 Å². The summed E-state index contributed by atoms with van der Waals surface area (Å²) < 4.78 is 0. The minimum absolute atomic E-state index is 0.328. The van der Waals surface area contributed by atoms with E-state index in [1.807, 2.05) is 6.07 Å². The van der Waals surface area contributed by atoms with Crippen LogP contribution < -0.4 is 5.32 Å². The molecule has 76 valence electrons. The van der Waals surface area contributed by atoms with Crippen LogP contribution in [0.15, 0.2) is 17.3 Å². The van der Waals surface area contributed by atoms with Crippen molar-refractivity contribution in [2.75, 3.05) is 12.3 Å². The van der Waals surface area contributed by atoms with Gasteiger partial charge in [0.05, 0.1) is 0 Å². The molecule has 0 bridgehead atoms. The van der Waals surface area contributed by atoms with Crippen LogP contribution in [0.1, 0.15) is 12.8 Å². The van der Waals surface area contributed by atoms with Gasteiger partial charge in [0.15, 0.2) is 0 Å². The van der Waals surface area contributed by atoms with E-state index >= 15 is 0 Å². The second kappa shape index (κ2) is 4.96. The molecule has 2 rings (SSSR count). The summed E-state index contributed by atoms with van der Waals surface area (Å²) in [7, 11) is 0. The van der Waals surface area contributed by atoms with Crippen molar-refractivity contribution in [1.29, 1.82) is 0 Å². The van der Waals surface area contributed by atoms with E-state index in [0.29, 0.717) is 11.3 Å². The van der Waals surface area contributed by atoms with Crippen molar-refractivity contribution in [3.63, 3.8) is 0 Å². The summed E-state index contributed by atoms with van der Waals surface area (Å²) in [6, 6.07) is 2.53. The van der Waals surface area contributed by atoms with E-state index < -0.39 is 0 Å². The molecule has 1 aliphatic rings. The van der Waals surface area contributed by atoms with Gasteiger partial charge in [-0.1, -0.05) is 0 Å². The van der Waals surface area contributed by atoms with E-state index in [1.165, 1.54) is 12.8 Å². The Bertz CT molecular complexity index is 302. The van der Waals surface area contributed by atoms with Crippen molar-refractivity contribution in [1.82, 2.24) is 15.3 Å². The Kier molecular flexibility index (Phi) is 3.61. The van der Waals surface area contributed by atoms with Crippen molar-refractivity contribution < 1.29 is 0 Å². The number of nitrogens with zero attached hydrogens (tertiary/aromatic N) is 2. The minimum atomic E-state index is 0.328. The number of aromatic nitrogens is 2. The molecular formula is C9H12ClN3S. The van der Waals surface area contributed by atoms with Crippen LogP contribution in [-0.4, -0.2) is 28.3 Å². The number of hydrogen-bond acceptors (Lipinski definition) is 4. The Hall–Kier alpha value is -0.320. The lowest BCUT2D eigenvalue weighted by molar-refractivity contribution is 0.673. The molecule has 14 heavy (non-hydrogen) atoms. The fourth-order valence-electron chi connectivity index (χ4n) is 1.48. The molecule has 0 amide bonds. The monoisotopic (exact) mass is 229 g/mol. The van der Waals surface area contributed by atoms with E-state index in [1.54, 1.807) is 18.0 Å². The molecule has 0 aliphatic carbocycles. The van der Waals surface area contributed by atoms with Gasteiger partial charge in [0.2, 0.25) is 5.28 Å². The lowest BCUT2D eigenvalue weighted by Crippen LogP contribution is -2.23. The Morgan fingerprint density at radius 1 is 1.64 bits per heavy atom. The maximum atomic E-state index is 5.69. The molecule has 5 heteroatoms. The Morgan fingerprint density at radius 3 is 3.29 bits per heavy atom. The standard InChI is InChI=1S/C9H12ClN3S/c10-9-12-5-3-8(13-9)14-6-7-2-1-4-11-7/h3,5,7,11H,1-2,4,6H2. The normalized spacial score (nSPS) is 21.4. The van der Waals surface area contributed by atoms with Crippen LogP contribution in [0.25, 0.3) is 0 Å². The van der Waals surface area contributed by atoms with E-state index in [4.69, 9.17) is 11.6 Å². The van der Waals surface area contributed by atoms with E-state index in [-0.39, 0.29) is 0 Å². The third kappa shape index (κ3) is 2.83. The van der Waals surface area contributed by atoms with Crippen LogP contribution in [0.3, 0.4) is 0 Å². The molecule has 2 heterocycles. The quantitative estimate of drug-likeness (QED) is 0.489. The molecule has 1 atom stereocenters. The van der Waals surface area contributed by atoms with Crippen LogP contribution in [-0.2, 0) is 0 Å². The fraction of sp³-hybridized carbons (Fsp3) is 0.556. The molecule has 0 saturated carbocycles. The molecule has 1 aromatic heterocycles. The van der Waals surface area contributed by atoms with Crippen molar-refractivity contribution >= 4 is 23.4 Å². The number of nitrogens with one attached hydrogen (secondary N) is 1. The second-order valence-corrected chi connectivity index (χ2v) is 4.65. The Morgan fingerprint density at radius 2 is 2.57 bits per heavy atom. The molecule has 1 aliphatic heterocycles. The average Bonchev–Trinajstić information content (AvgIpc) is 2.67. The van der Waals surface area contributed by atoms with E-state index in [9.17, 15) is 0 Å². The number of hydrogen-bond donors (Lipinski definition) is 1. The summed E-state index contributed by atoms with van der Waals surface area (Å²) in [5.74, 6) is 1.06. The van der Waals surface area contributed by atoms with Crippen LogP contribution in [0.4, 0.5) is 0 Å². The predicted molar refractivity (Wildman–Crippen MR) is 58.8 cm³/mol. The van der Waals surface area contributed by atoms with Gasteiger partial charge in [-0.2, -0.15) is 0 Å². The predicted octanol–water partition coefficient (Wildman–Crippen LogP) is 1.97. The first-order chi connectivity index (χ1) is 6.84. The molecule has 1 aromatic rings. The second-order valence-electron chi connectivity index (χ2n) is 3.27. The van der Waals surface area contributed by atoms with Gasteiger partial charge < -0.3 is 5.32 Å². The maximum absolute atomic E-state index is 5.69. The largest absolute Gasteiger partial charge is 0.313 e. The van der Waals surface area contributed by atoms with Crippen LogP contribution in [0.2, 0.25) is 5.28 Å². The highest BCUT2D eigenvalue weighted by Gasteiger charge is 2.14. The Labute approximate surface area is 92.7 Å². The third-order valence-electron chi connectivity index (χ3n) is 2.20. The summed E-state index contributed by atoms with van der Waals surface area (Å²) in [6.07, 6.45) is 4.25. The van der Waals surface area contributed by atoms with E-state index in [0.717, 1.165) is 17.3 Å². The van der Waals surface area contributed by atoms with Gasteiger partial charge in [-0.3, -0.25) is 0 Å². The summed E-state index contributed by atoms with van der Waals surface area (Å²) in [5, 5.41) is 4.73. The first kappa shape index (κ1) is 10.2. The fourth-order valence-corrected chi connectivity index (χ4v) is 2.65. The molecule has 1 N–H and O–H groups in total. The van der Waals surface area contributed by atoms with Crippen molar-refractivity contribution in [3.8, 4) is 0 Å². The number of rotatable bonds is 3. The van der Waals surface area contributed by atoms with Crippen molar-refractivity contribution in [3.05, 3.63) is 17.5 Å². The van der Waals surface area contributed by atoms with Crippen LogP contribution >= 0.6 is 23.4 Å². The zero-order valence-corrected chi connectivity index (χ0v) is 9.31. The van der Waals surface area contributed by atoms with Gasteiger partial charge in [0.25, 0.3) is 0 Å². The molecular weight excluding hydrogens is 218 g/mol. The lowest BCUT2D eigenvalue weighted by Gasteiger charge is -2.08. The smallest absolute Gasteiger partial charge is 0.223 e. The molecule has 0 aromatic carbocycles. The molecule has 1 fully saturated rings. The summed E-state index contributed by atoms with van der Waals surface area (Å²) in [5.41, 5.74) is 0. The number of thioether (sulfide) groups is 1. The van der Waals surface area contributed by atoms with Gasteiger partial charge in [-0.15, -0.1) is 11.8 Å². The molecule has 1 saturated heterocycles. The van der Waals surface area contributed by atoms with Gasteiger partial charge >= 0.3 is 0 Å². The van der Waals surface area contributed by atoms with Crippen molar-refractivity contribution in [2.45, 2.75) is 23.9 Å². The van der Waals surface area contributed by atoms with Crippen molar-refractivity contribution in [2.24, 2.45) is 0 Å². The molecule has 0 radical (unpaired) electrons. The highest BCUT2D eigenvalue weighted by Crippen LogP contribution is 2.19. The average molecular weight is 230 g/mol. The first-order valence-corrected chi connectivity index (χ1v) is 6.06. The topological polar surface area (TPSA) is 37.8 Å². The van der Waals surface area contributed by atoms with Gasteiger partial charge in [-0.05, 0) is 37.1 Å².